The van der Waals surface area contributed by atoms with Crippen LogP contribution in [0.25, 0.3) is 0 Å². The molecule has 1 N–H and O–H groups in total. The zero-order chi connectivity index (χ0) is 17.0. The maximum atomic E-state index is 12.6. The lowest BCUT2D eigenvalue weighted by atomic mass is 9.84. The molecule has 0 bridgehead atoms. The molecule has 0 radical (unpaired) electrons. The topological polar surface area (TPSA) is 41.6 Å². The molecule has 4 nitrogen and oxygen atoms in total. The highest BCUT2D eigenvalue weighted by Crippen LogP contribution is 2.37. The summed E-state index contributed by atoms with van der Waals surface area (Å²) in [5.41, 5.74) is 1.26. The second kappa shape index (κ2) is 7.66. The van der Waals surface area contributed by atoms with Gasteiger partial charge in [-0.25, -0.2) is 0 Å². The van der Waals surface area contributed by atoms with Gasteiger partial charge in [0.15, 0.2) is 0 Å². The summed E-state index contributed by atoms with van der Waals surface area (Å²) in [7, 11) is 1.60. The normalized spacial score (nSPS) is 30.5. The Morgan fingerprint density at radius 3 is 2.83 bits per heavy atom. The van der Waals surface area contributed by atoms with E-state index in [0.717, 1.165) is 32.2 Å². The third-order valence-electron chi connectivity index (χ3n) is 5.73. The number of amides is 1. The lowest BCUT2D eigenvalue weighted by Crippen LogP contribution is -2.58. The van der Waals surface area contributed by atoms with Crippen molar-refractivity contribution in [2.75, 3.05) is 20.3 Å². The van der Waals surface area contributed by atoms with Crippen molar-refractivity contribution < 1.29 is 9.53 Å². The van der Waals surface area contributed by atoms with Gasteiger partial charge >= 0.3 is 0 Å². The van der Waals surface area contributed by atoms with E-state index in [4.69, 9.17) is 4.74 Å². The molecule has 3 rings (SSSR count). The van der Waals surface area contributed by atoms with E-state index < -0.39 is 0 Å². The molecule has 24 heavy (non-hydrogen) atoms. The highest BCUT2D eigenvalue weighted by atomic mass is 16.5. The van der Waals surface area contributed by atoms with Gasteiger partial charge in [0.25, 0.3) is 0 Å². The Balaban J connectivity index is 1.77. The standard InChI is InChI=1S/C20H30N2O2/c1-20-14-17(13-16-9-5-3-6-10-16)21-18(20)11-7-4-8-12-22(20)19(23)15-24-2/h3,5-6,9-10,17-18,21H,4,7-8,11-15H2,1-2H3/t17-,18+,20+/m1/s1. The summed E-state index contributed by atoms with van der Waals surface area (Å²) in [6.45, 7) is 3.31. The third-order valence-corrected chi connectivity index (χ3v) is 5.73. The van der Waals surface area contributed by atoms with E-state index in [-0.39, 0.29) is 18.1 Å². The predicted molar refractivity (Wildman–Crippen MR) is 95.9 cm³/mol. The lowest BCUT2D eigenvalue weighted by molar-refractivity contribution is -0.142. The van der Waals surface area contributed by atoms with Crippen LogP contribution < -0.4 is 5.32 Å². The van der Waals surface area contributed by atoms with Gasteiger partial charge in [-0.05, 0) is 38.2 Å². The number of rotatable bonds is 4. The monoisotopic (exact) mass is 330 g/mol. The Kier molecular flexibility index (Phi) is 5.57. The summed E-state index contributed by atoms with van der Waals surface area (Å²) in [5.74, 6) is 0.133. The van der Waals surface area contributed by atoms with Crippen molar-refractivity contribution in [3.63, 3.8) is 0 Å². The molecule has 2 saturated heterocycles. The molecule has 0 aromatic heterocycles. The number of hydrogen-bond donors (Lipinski definition) is 1. The first kappa shape index (κ1) is 17.4. The molecule has 4 heteroatoms. The Hall–Kier alpha value is -1.39. The number of carbonyl (C=O) groups is 1. The molecule has 2 aliphatic heterocycles. The minimum atomic E-state index is -0.102. The average molecular weight is 330 g/mol. The molecule has 132 valence electrons. The van der Waals surface area contributed by atoms with Crippen molar-refractivity contribution in [2.45, 2.75) is 63.1 Å². The molecule has 1 amide bonds. The molecule has 0 unspecified atom stereocenters. The Labute approximate surface area is 145 Å². The van der Waals surface area contributed by atoms with Crippen LogP contribution in [0.5, 0.6) is 0 Å². The molecule has 3 atom stereocenters. The Bertz CT molecular complexity index is 548. The first-order valence-corrected chi connectivity index (χ1v) is 9.23. The number of nitrogens with zero attached hydrogens (tertiary/aromatic N) is 1. The molecule has 2 heterocycles. The predicted octanol–water partition coefficient (Wildman–Crippen LogP) is 2.77. The quantitative estimate of drug-likeness (QED) is 0.923. The molecule has 1 aromatic carbocycles. The second-order valence-corrected chi connectivity index (χ2v) is 7.49. The van der Waals surface area contributed by atoms with E-state index in [0.29, 0.717) is 12.1 Å². The van der Waals surface area contributed by atoms with Crippen LogP contribution in [0.1, 0.15) is 44.6 Å². The summed E-state index contributed by atoms with van der Waals surface area (Å²) in [4.78, 5) is 14.8. The highest BCUT2D eigenvalue weighted by molar-refractivity contribution is 5.78. The van der Waals surface area contributed by atoms with Gasteiger partial charge in [-0.3, -0.25) is 4.79 Å². The number of carbonyl (C=O) groups excluding carboxylic acids is 1. The van der Waals surface area contributed by atoms with E-state index in [1.165, 1.54) is 18.4 Å². The fourth-order valence-electron chi connectivity index (χ4n) is 4.55. The number of fused-ring (bicyclic) bond motifs is 1. The zero-order valence-electron chi connectivity index (χ0n) is 15.0. The fourth-order valence-corrected chi connectivity index (χ4v) is 4.55. The molecule has 2 aliphatic rings. The maximum absolute atomic E-state index is 12.6. The summed E-state index contributed by atoms with van der Waals surface area (Å²) in [6.07, 6.45) is 6.74. The van der Waals surface area contributed by atoms with Crippen LogP contribution in [0.4, 0.5) is 0 Å². The van der Waals surface area contributed by atoms with Crippen LogP contribution in [-0.4, -0.2) is 48.7 Å². The van der Waals surface area contributed by atoms with Gasteiger partial charge in [-0.2, -0.15) is 0 Å². The van der Waals surface area contributed by atoms with Crippen LogP contribution >= 0.6 is 0 Å². The van der Waals surface area contributed by atoms with Crippen LogP contribution in [0.3, 0.4) is 0 Å². The van der Waals surface area contributed by atoms with Crippen molar-refractivity contribution in [3.8, 4) is 0 Å². The summed E-state index contributed by atoms with van der Waals surface area (Å²) in [6, 6.07) is 11.5. The van der Waals surface area contributed by atoms with Crippen molar-refractivity contribution >= 4 is 5.91 Å². The smallest absolute Gasteiger partial charge is 0.249 e. The molecule has 1 aromatic rings. The second-order valence-electron chi connectivity index (χ2n) is 7.49. The maximum Gasteiger partial charge on any atom is 0.249 e. The molecule has 2 fully saturated rings. The van der Waals surface area contributed by atoms with Gasteiger partial charge in [-0.1, -0.05) is 43.2 Å². The number of benzene rings is 1. The third kappa shape index (κ3) is 3.65. The van der Waals surface area contributed by atoms with Crippen LogP contribution in [0, 0.1) is 0 Å². The van der Waals surface area contributed by atoms with Gasteiger partial charge in [-0.15, -0.1) is 0 Å². The van der Waals surface area contributed by atoms with Gasteiger partial charge in [0.1, 0.15) is 6.61 Å². The highest BCUT2D eigenvalue weighted by Gasteiger charge is 2.48. The number of methoxy groups -OCH3 is 1. The van der Waals surface area contributed by atoms with E-state index >= 15 is 0 Å². The van der Waals surface area contributed by atoms with Crippen molar-refractivity contribution in [2.24, 2.45) is 0 Å². The van der Waals surface area contributed by atoms with Gasteiger partial charge in [0, 0.05) is 25.7 Å². The van der Waals surface area contributed by atoms with Crippen molar-refractivity contribution in [3.05, 3.63) is 35.9 Å². The van der Waals surface area contributed by atoms with Crippen molar-refractivity contribution in [1.29, 1.82) is 0 Å². The average Bonchev–Trinajstić information content (AvgIpc) is 2.85. The lowest BCUT2D eigenvalue weighted by Gasteiger charge is -2.44. The van der Waals surface area contributed by atoms with Crippen molar-refractivity contribution in [1.82, 2.24) is 10.2 Å². The number of nitrogens with one attached hydrogen (secondary N) is 1. The largest absolute Gasteiger partial charge is 0.375 e. The zero-order valence-corrected chi connectivity index (χ0v) is 15.0. The van der Waals surface area contributed by atoms with Crippen LogP contribution in [-0.2, 0) is 16.0 Å². The summed E-state index contributed by atoms with van der Waals surface area (Å²) < 4.78 is 5.13. The Morgan fingerprint density at radius 2 is 2.08 bits per heavy atom. The SMILES string of the molecule is COCC(=O)N1CCCCC[C@@H]2N[C@H](Cc3ccccc3)C[C@@]21C. The molecule has 0 aliphatic carbocycles. The minimum Gasteiger partial charge on any atom is -0.375 e. The van der Waals surface area contributed by atoms with Crippen LogP contribution in [0.2, 0.25) is 0 Å². The van der Waals surface area contributed by atoms with E-state index in [1.807, 2.05) is 0 Å². The summed E-state index contributed by atoms with van der Waals surface area (Å²) >= 11 is 0. The van der Waals surface area contributed by atoms with Gasteiger partial charge in [0.05, 0.1) is 5.54 Å². The van der Waals surface area contributed by atoms with E-state index in [9.17, 15) is 4.79 Å². The first-order valence-electron chi connectivity index (χ1n) is 9.23. The molecule has 0 saturated carbocycles. The van der Waals surface area contributed by atoms with E-state index in [2.05, 4.69) is 47.5 Å². The number of ether oxygens (including phenoxy) is 1. The van der Waals surface area contributed by atoms with Crippen LogP contribution in [0.15, 0.2) is 30.3 Å². The summed E-state index contributed by atoms with van der Waals surface area (Å²) in [5, 5.41) is 3.84. The number of hydrogen-bond acceptors (Lipinski definition) is 3. The first-order chi connectivity index (χ1) is 11.6. The molecular formula is C20H30N2O2. The number of likely N-dealkylation sites (tertiary alicyclic amines) is 1. The fraction of sp³-hybridized carbons (Fsp3) is 0.650. The molecule has 0 spiro atoms. The minimum absolute atomic E-state index is 0.102. The Morgan fingerprint density at radius 1 is 1.29 bits per heavy atom. The van der Waals surface area contributed by atoms with E-state index in [1.54, 1.807) is 7.11 Å². The van der Waals surface area contributed by atoms with Gasteiger partial charge in [0.2, 0.25) is 5.91 Å². The molecular weight excluding hydrogens is 300 g/mol. The van der Waals surface area contributed by atoms with Gasteiger partial charge < -0.3 is 15.0 Å².